The van der Waals surface area contributed by atoms with E-state index in [0.29, 0.717) is 18.9 Å². The Morgan fingerprint density at radius 3 is 2.62 bits per heavy atom. The fourth-order valence-corrected chi connectivity index (χ4v) is 0.744. The predicted molar refractivity (Wildman–Crippen MR) is 53.4 cm³/mol. The standard InChI is InChI=1S/C8H18N4O/c1-6(2)12-8(9)11-5-4-7(13)10-3/h6H,4-5H2,1-3H3,(H,10,13)(H3,9,11,12). The van der Waals surface area contributed by atoms with E-state index in [9.17, 15) is 4.79 Å². The molecule has 0 aliphatic carbocycles. The highest BCUT2D eigenvalue weighted by atomic mass is 16.1. The molecule has 0 bridgehead atoms. The summed E-state index contributed by atoms with van der Waals surface area (Å²) in [6.07, 6.45) is 0.372. The van der Waals surface area contributed by atoms with Crippen LogP contribution in [-0.2, 0) is 4.79 Å². The molecule has 0 aromatic carbocycles. The second-order valence-electron chi connectivity index (χ2n) is 2.99. The predicted octanol–water partition coefficient (Wildman–Crippen LogP) is -0.565. The van der Waals surface area contributed by atoms with Crippen molar-refractivity contribution < 1.29 is 4.79 Å². The molecule has 0 heterocycles. The first-order chi connectivity index (χ1) is 6.06. The number of hydrogen-bond acceptors (Lipinski definition) is 2. The molecular weight excluding hydrogens is 168 g/mol. The number of hydrogen-bond donors (Lipinski definition) is 3. The number of nitrogens with zero attached hydrogens (tertiary/aromatic N) is 1. The first kappa shape index (κ1) is 11.7. The van der Waals surface area contributed by atoms with Crippen molar-refractivity contribution >= 4 is 11.9 Å². The summed E-state index contributed by atoms with van der Waals surface area (Å²) in [5.74, 6) is 0.361. The van der Waals surface area contributed by atoms with Crippen LogP contribution in [0.4, 0.5) is 0 Å². The quantitative estimate of drug-likeness (QED) is 0.406. The average Bonchev–Trinajstić information content (AvgIpc) is 2.02. The third kappa shape index (κ3) is 7.11. The molecule has 0 saturated heterocycles. The van der Waals surface area contributed by atoms with E-state index in [0.717, 1.165) is 0 Å². The molecule has 5 nitrogen and oxygen atoms in total. The normalized spacial score (nSPS) is 11.5. The zero-order valence-corrected chi connectivity index (χ0v) is 8.42. The molecule has 0 aromatic rings. The molecule has 0 spiro atoms. The molecule has 0 atom stereocenters. The Morgan fingerprint density at radius 2 is 2.15 bits per heavy atom. The lowest BCUT2D eigenvalue weighted by molar-refractivity contribution is -0.120. The Bertz CT molecular complexity index is 189. The van der Waals surface area contributed by atoms with Gasteiger partial charge in [-0.1, -0.05) is 0 Å². The Kier molecular flexibility index (Phi) is 5.67. The lowest BCUT2D eigenvalue weighted by Gasteiger charge is -2.07. The number of carbonyl (C=O) groups excluding carboxylic acids is 1. The van der Waals surface area contributed by atoms with E-state index in [1.54, 1.807) is 7.05 Å². The topological polar surface area (TPSA) is 79.5 Å². The van der Waals surface area contributed by atoms with Crippen LogP contribution in [0.25, 0.3) is 0 Å². The van der Waals surface area contributed by atoms with Gasteiger partial charge in [0.05, 0.1) is 6.54 Å². The van der Waals surface area contributed by atoms with Crippen LogP contribution in [0.5, 0.6) is 0 Å². The molecule has 4 N–H and O–H groups in total. The summed E-state index contributed by atoms with van der Waals surface area (Å²) in [6.45, 7) is 4.37. The molecule has 0 aliphatic rings. The Morgan fingerprint density at radius 1 is 1.54 bits per heavy atom. The van der Waals surface area contributed by atoms with Crippen molar-refractivity contribution in [2.24, 2.45) is 10.7 Å². The molecule has 13 heavy (non-hydrogen) atoms. The monoisotopic (exact) mass is 186 g/mol. The molecule has 0 fully saturated rings. The first-order valence-corrected chi connectivity index (χ1v) is 4.33. The van der Waals surface area contributed by atoms with Crippen LogP contribution < -0.4 is 16.4 Å². The van der Waals surface area contributed by atoms with E-state index in [1.165, 1.54) is 0 Å². The van der Waals surface area contributed by atoms with Crippen LogP contribution in [0.3, 0.4) is 0 Å². The Labute approximate surface area is 78.8 Å². The van der Waals surface area contributed by atoms with E-state index >= 15 is 0 Å². The number of amides is 1. The highest BCUT2D eigenvalue weighted by Crippen LogP contribution is 1.81. The third-order valence-electron chi connectivity index (χ3n) is 1.34. The molecule has 5 heteroatoms. The fourth-order valence-electron chi connectivity index (χ4n) is 0.744. The van der Waals surface area contributed by atoms with Gasteiger partial charge in [-0.25, -0.2) is 0 Å². The summed E-state index contributed by atoms with van der Waals surface area (Å²) in [5, 5.41) is 5.44. The van der Waals surface area contributed by atoms with Crippen molar-refractivity contribution in [3.63, 3.8) is 0 Å². The van der Waals surface area contributed by atoms with Gasteiger partial charge in [0.2, 0.25) is 5.91 Å². The van der Waals surface area contributed by atoms with Gasteiger partial charge < -0.3 is 16.4 Å². The minimum absolute atomic E-state index is 0.0268. The molecule has 0 rings (SSSR count). The second-order valence-corrected chi connectivity index (χ2v) is 2.99. The number of guanidine groups is 1. The van der Waals surface area contributed by atoms with Gasteiger partial charge in [0, 0.05) is 19.5 Å². The smallest absolute Gasteiger partial charge is 0.221 e. The van der Waals surface area contributed by atoms with Crippen LogP contribution in [0.15, 0.2) is 4.99 Å². The minimum Gasteiger partial charge on any atom is -0.370 e. The number of rotatable bonds is 4. The van der Waals surface area contributed by atoms with E-state index in [1.807, 2.05) is 13.8 Å². The fraction of sp³-hybridized carbons (Fsp3) is 0.750. The molecule has 76 valence electrons. The molecule has 0 aromatic heterocycles. The molecule has 0 unspecified atom stereocenters. The molecule has 0 aliphatic heterocycles. The highest BCUT2D eigenvalue weighted by Gasteiger charge is 1.97. The van der Waals surface area contributed by atoms with Gasteiger partial charge in [-0.3, -0.25) is 9.79 Å². The Hall–Kier alpha value is -1.26. The van der Waals surface area contributed by atoms with Crippen molar-refractivity contribution in [1.82, 2.24) is 10.6 Å². The molecule has 1 amide bonds. The minimum atomic E-state index is -0.0268. The van der Waals surface area contributed by atoms with Crippen molar-refractivity contribution in [2.75, 3.05) is 13.6 Å². The van der Waals surface area contributed by atoms with Gasteiger partial charge >= 0.3 is 0 Å². The molecule has 0 saturated carbocycles. The summed E-state index contributed by atoms with van der Waals surface area (Å²) in [4.78, 5) is 14.7. The number of nitrogens with one attached hydrogen (secondary N) is 2. The van der Waals surface area contributed by atoms with Crippen LogP contribution in [0.1, 0.15) is 20.3 Å². The van der Waals surface area contributed by atoms with Crippen LogP contribution in [0, 0.1) is 0 Å². The second kappa shape index (κ2) is 6.28. The summed E-state index contributed by atoms with van der Waals surface area (Å²) in [7, 11) is 1.60. The maximum absolute atomic E-state index is 10.8. The third-order valence-corrected chi connectivity index (χ3v) is 1.34. The average molecular weight is 186 g/mol. The molecular formula is C8H18N4O. The van der Waals surface area contributed by atoms with Crippen LogP contribution >= 0.6 is 0 Å². The number of aliphatic imine (C=N–C) groups is 1. The van der Waals surface area contributed by atoms with Gasteiger partial charge in [-0.15, -0.1) is 0 Å². The van der Waals surface area contributed by atoms with Gasteiger partial charge in [-0.05, 0) is 13.8 Å². The van der Waals surface area contributed by atoms with Gasteiger partial charge in [0.25, 0.3) is 0 Å². The number of nitrogens with two attached hydrogens (primary N) is 1. The first-order valence-electron chi connectivity index (χ1n) is 4.33. The zero-order valence-electron chi connectivity index (χ0n) is 8.42. The van der Waals surface area contributed by atoms with Gasteiger partial charge in [0.1, 0.15) is 0 Å². The lowest BCUT2D eigenvalue weighted by Crippen LogP contribution is -2.37. The SMILES string of the molecule is CNC(=O)CCN=C(N)NC(C)C. The van der Waals surface area contributed by atoms with Crippen LogP contribution in [-0.4, -0.2) is 31.5 Å². The van der Waals surface area contributed by atoms with Crippen LogP contribution in [0.2, 0.25) is 0 Å². The molecule has 0 radical (unpaired) electrons. The lowest BCUT2D eigenvalue weighted by atomic mass is 10.4. The Balaban J connectivity index is 3.65. The largest absolute Gasteiger partial charge is 0.370 e. The van der Waals surface area contributed by atoms with E-state index in [4.69, 9.17) is 5.73 Å². The summed E-state index contributed by atoms with van der Waals surface area (Å²) in [5.41, 5.74) is 5.51. The van der Waals surface area contributed by atoms with Crippen molar-refractivity contribution in [3.8, 4) is 0 Å². The van der Waals surface area contributed by atoms with Crippen molar-refractivity contribution in [1.29, 1.82) is 0 Å². The van der Waals surface area contributed by atoms with E-state index in [2.05, 4.69) is 15.6 Å². The summed E-state index contributed by atoms with van der Waals surface area (Å²) < 4.78 is 0. The van der Waals surface area contributed by atoms with Gasteiger partial charge in [0.15, 0.2) is 5.96 Å². The maximum Gasteiger partial charge on any atom is 0.221 e. The van der Waals surface area contributed by atoms with E-state index < -0.39 is 0 Å². The van der Waals surface area contributed by atoms with Crippen molar-refractivity contribution in [3.05, 3.63) is 0 Å². The maximum atomic E-state index is 10.8. The van der Waals surface area contributed by atoms with E-state index in [-0.39, 0.29) is 11.9 Å². The summed E-state index contributed by atoms with van der Waals surface area (Å²) >= 11 is 0. The highest BCUT2D eigenvalue weighted by molar-refractivity contribution is 5.79. The van der Waals surface area contributed by atoms with Crippen molar-refractivity contribution in [2.45, 2.75) is 26.3 Å². The number of carbonyl (C=O) groups is 1. The van der Waals surface area contributed by atoms with Gasteiger partial charge in [-0.2, -0.15) is 0 Å². The zero-order chi connectivity index (χ0) is 10.3. The summed E-state index contributed by atoms with van der Waals surface area (Å²) in [6, 6.07) is 0.267.